The molecule has 2 aromatic carbocycles. The van der Waals surface area contributed by atoms with Crippen LogP contribution in [0.5, 0.6) is 0 Å². The number of rotatable bonds is 5. The van der Waals surface area contributed by atoms with Gasteiger partial charge in [0, 0.05) is 35.4 Å². The van der Waals surface area contributed by atoms with Gasteiger partial charge in [-0.25, -0.2) is 0 Å². The molecule has 1 aliphatic heterocycles. The van der Waals surface area contributed by atoms with E-state index in [1.165, 1.54) is 36.9 Å². The lowest BCUT2D eigenvalue weighted by molar-refractivity contribution is 0.0914. The highest BCUT2D eigenvalue weighted by Gasteiger charge is 2.31. The normalized spacial score (nSPS) is 23.1. The molecule has 168 valence electrons. The Morgan fingerprint density at radius 1 is 1.06 bits per heavy atom. The molecule has 1 amide bonds. The van der Waals surface area contributed by atoms with Gasteiger partial charge in [-0.2, -0.15) is 0 Å². The molecule has 4 nitrogen and oxygen atoms in total. The summed E-state index contributed by atoms with van der Waals surface area (Å²) < 4.78 is 0. The summed E-state index contributed by atoms with van der Waals surface area (Å²) in [5.74, 6) is 0.801. The average Bonchev–Trinajstić information content (AvgIpc) is 3.23. The maximum atomic E-state index is 12.7. The quantitative estimate of drug-likeness (QED) is 0.551. The van der Waals surface area contributed by atoms with Crippen LogP contribution in [0.4, 0.5) is 0 Å². The first kappa shape index (κ1) is 21.3. The Bertz CT molecular complexity index is 1060. The van der Waals surface area contributed by atoms with Crippen molar-refractivity contribution in [2.75, 3.05) is 13.1 Å². The van der Waals surface area contributed by atoms with E-state index in [0.29, 0.717) is 11.7 Å². The molecule has 2 N–H and O–H groups in total. The second-order valence-electron chi connectivity index (χ2n) is 10.5. The van der Waals surface area contributed by atoms with Gasteiger partial charge in [0.25, 0.3) is 5.91 Å². The number of nitrogens with one attached hydrogen (secondary N) is 2. The molecule has 2 aliphatic rings. The number of hydrogen-bond donors (Lipinski definition) is 2. The molecular formula is C28H35N3O. The Hall–Kier alpha value is -2.59. The smallest absolute Gasteiger partial charge is 0.267 e. The Labute approximate surface area is 191 Å². The molecule has 0 bridgehead atoms. The van der Waals surface area contributed by atoms with Gasteiger partial charge in [0.05, 0.1) is 0 Å². The first-order valence-corrected chi connectivity index (χ1v) is 12.2. The number of hydrogen-bond acceptors (Lipinski definition) is 2. The Morgan fingerprint density at radius 3 is 2.62 bits per heavy atom. The van der Waals surface area contributed by atoms with E-state index in [1.54, 1.807) is 0 Å². The van der Waals surface area contributed by atoms with Gasteiger partial charge in [0.15, 0.2) is 0 Å². The van der Waals surface area contributed by atoms with Gasteiger partial charge >= 0.3 is 0 Å². The van der Waals surface area contributed by atoms with Crippen molar-refractivity contribution in [1.82, 2.24) is 15.2 Å². The van der Waals surface area contributed by atoms with Crippen LogP contribution in [0.25, 0.3) is 10.9 Å². The van der Waals surface area contributed by atoms with E-state index in [0.717, 1.165) is 42.8 Å². The molecule has 1 saturated carbocycles. The Balaban J connectivity index is 1.10. The fraction of sp³-hybridized carbons (Fsp3) is 0.464. The van der Waals surface area contributed by atoms with Crippen molar-refractivity contribution in [1.29, 1.82) is 0 Å². The largest absolute Gasteiger partial charge is 0.351 e. The third-order valence-corrected chi connectivity index (χ3v) is 7.57. The van der Waals surface area contributed by atoms with E-state index in [4.69, 9.17) is 0 Å². The molecule has 0 unspecified atom stereocenters. The van der Waals surface area contributed by atoms with Crippen molar-refractivity contribution in [3.8, 4) is 0 Å². The van der Waals surface area contributed by atoms with Crippen molar-refractivity contribution >= 4 is 16.8 Å². The van der Waals surface area contributed by atoms with Crippen LogP contribution in [0.15, 0.2) is 54.6 Å². The van der Waals surface area contributed by atoms with Crippen molar-refractivity contribution in [3.05, 3.63) is 71.4 Å². The van der Waals surface area contributed by atoms with Crippen molar-refractivity contribution < 1.29 is 4.79 Å². The van der Waals surface area contributed by atoms with Crippen LogP contribution in [0.1, 0.15) is 67.6 Å². The van der Waals surface area contributed by atoms with Crippen LogP contribution in [0.3, 0.4) is 0 Å². The zero-order chi connectivity index (χ0) is 22.1. The molecule has 0 radical (unpaired) electrons. The Morgan fingerprint density at radius 2 is 1.81 bits per heavy atom. The fourth-order valence-electron chi connectivity index (χ4n) is 5.84. The van der Waals surface area contributed by atoms with Crippen molar-refractivity contribution in [2.45, 2.75) is 64.0 Å². The molecule has 4 heteroatoms. The standard InChI is InChI=1S/C28H35N3O/c1-28(2)19-31(18-22-8-3-5-9-24(22)28)16-15-20-11-13-23(14-12-20)29-27(32)26-17-21-7-4-6-10-25(21)30-26/h3-10,17,20,23,30H,11-16,18-19H2,1-2H3,(H,29,32). The number of aromatic amines is 1. The summed E-state index contributed by atoms with van der Waals surface area (Å²) in [6.07, 6.45) is 5.87. The van der Waals surface area contributed by atoms with Crippen LogP contribution in [-0.2, 0) is 12.0 Å². The number of carbonyl (C=O) groups is 1. The number of fused-ring (bicyclic) bond motifs is 2. The molecule has 1 aliphatic carbocycles. The van der Waals surface area contributed by atoms with Crippen LogP contribution in [0.2, 0.25) is 0 Å². The van der Waals surface area contributed by atoms with E-state index in [1.807, 2.05) is 30.3 Å². The lowest BCUT2D eigenvalue weighted by atomic mass is 9.78. The maximum Gasteiger partial charge on any atom is 0.267 e. The maximum absolute atomic E-state index is 12.7. The van der Waals surface area contributed by atoms with Gasteiger partial charge in [-0.15, -0.1) is 0 Å². The van der Waals surface area contributed by atoms with Crippen LogP contribution in [0, 0.1) is 5.92 Å². The van der Waals surface area contributed by atoms with Crippen LogP contribution in [-0.4, -0.2) is 34.9 Å². The van der Waals surface area contributed by atoms with E-state index in [9.17, 15) is 4.79 Å². The van der Waals surface area contributed by atoms with Gasteiger partial charge in [-0.3, -0.25) is 9.69 Å². The predicted molar refractivity (Wildman–Crippen MR) is 131 cm³/mol. The minimum absolute atomic E-state index is 0.0267. The second kappa shape index (κ2) is 8.74. The summed E-state index contributed by atoms with van der Waals surface area (Å²) in [4.78, 5) is 18.6. The summed E-state index contributed by atoms with van der Waals surface area (Å²) in [5.41, 5.74) is 4.92. The molecule has 5 rings (SSSR count). The van der Waals surface area contributed by atoms with Gasteiger partial charge in [-0.1, -0.05) is 56.3 Å². The number of benzene rings is 2. The lowest BCUT2D eigenvalue weighted by Crippen LogP contribution is -2.43. The molecular weight excluding hydrogens is 394 g/mol. The average molecular weight is 430 g/mol. The first-order chi connectivity index (χ1) is 15.5. The number of amides is 1. The van der Waals surface area contributed by atoms with Crippen molar-refractivity contribution in [3.63, 3.8) is 0 Å². The number of carbonyl (C=O) groups excluding carboxylic acids is 1. The highest BCUT2D eigenvalue weighted by Crippen LogP contribution is 2.34. The third kappa shape index (κ3) is 4.47. The fourth-order valence-corrected chi connectivity index (χ4v) is 5.84. The SMILES string of the molecule is CC1(C)CN(CCC2CCC(NC(=O)c3cc4ccccc4[nH]3)CC2)Cc2ccccc21. The van der Waals surface area contributed by atoms with E-state index in [2.05, 4.69) is 53.3 Å². The first-order valence-electron chi connectivity index (χ1n) is 12.2. The Kier molecular flexibility index (Phi) is 5.81. The zero-order valence-electron chi connectivity index (χ0n) is 19.4. The molecule has 32 heavy (non-hydrogen) atoms. The summed E-state index contributed by atoms with van der Waals surface area (Å²) in [7, 11) is 0. The molecule has 1 aromatic heterocycles. The molecule has 0 saturated heterocycles. The topological polar surface area (TPSA) is 48.1 Å². The number of nitrogens with zero attached hydrogens (tertiary/aromatic N) is 1. The molecule has 2 heterocycles. The molecule has 3 aromatic rings. The minimum Gasteiger partial charge on any atom is -0.351 e. The summed E-state index contributed by atoms with van der Waals surface area (Å²) in [5, 5.41) is 4.35. The molecule has 0 spiro atoms. The van der Waals surface area contributed by atoms with Gasteiger partial charge in [0.2, 0.25) is 0 Å². The molecule has 0 atom stereocenters. The van der Waals surface area contributed by atoms with Gasteiger partial charge in [0.1, 0.15) is 5.69 Å². The summed E-state index contributed by atoms with van der Waals surface area (Å²) in [6, 6.07) is 19.2. The lowest BCUT2D eigenvalue weighted by Gasteiger charge is -2.40. The highest BCUT2D eigenvalue weighted by molar-refractivity contribution is 5.98. The van der Waals surface area contributed by atoms with Gasteiger partial charge in [-0.05, 0) is 67.8 Å². The molecule has 1 fully saturated rings. The summed E-state index contributed by atoms with van der Waals surface area (Å²) >= 11 is 0. The minimum atomic E-state index is 0.0267. The monoisotopic (exact) mass is 429 g/mol. The third-order valence-electron chi connectivity index (χ3n) is 7.57. The van der Waals surface area contributed by atoms with Crippen molar-refractivity contribution in [2.24, 2.45) is 5.92 Å². The zero-order valence-corrected chi connectivity index (χ0v) is 19.4. The van der Waals surface area contributed by atoms with E-state index >= 15 is 0 Å². The summed E-state index contributed by atoms with van der Waals surface area (Å²) in [6.45, 7) is 8.14. The van der Waals surface area contributed by atoms with Gasteiger partial charge < -0.3 is 10.3 Å². The van der Waals surface area contributed by atoms with E-state index in [-0.39, 0.29) is 11.3 Å². The number of para-hydroxylation sites is 1. The predicted octanol–water partition coefficient (Wildman–Crippen LogP) is 5.64. The second-order valence-corrected chi connectivity index (χ2v) is 10.5. The van der Waals surface area contributed by atoms with Crippen LogP contribution < -0.4 is 5.32 Å². The number of H-pyrrole nitrogens is 1. The van der Waals surface area contributed by atoms with Crippen LogP contribution >= 0.6 is 0 Å². The highest BCUT2D eigenvalue weighted by atomic mass is 16.1. The van der Waals surface area contributed by atoms with E-state index < -0.39 is 0 Å². The number of aromatic nitrogens is 1.